The summed E-state index contributed by atoms with van der Waals surface area (Å²) in [5.41, 5.74) is 2.05. The molecule has 1 aliphatic heterocycles. The summed E-state index contributed by atoms with van der Waals surface area (Å²) in [6.07, 6.45) is 0.626. The molecule has 1 aromatic rings. The average Bonchev–Trinajstić information content (AvgIpc) is 2.94. The Morgan fingerprint density at radius 1 is 1.50 bits per heavy atom. The molecule has 2 atom stereocenters. The number of nitrogens with zero attached hydrogens (tertiary/aromatic N) is 1. The van der Waals surface area contributed by atoms with E-state index in [0.717, 1.165) is 43.1 Å². The van der Waals surface area contributed by atoms with Gasteiger partial charge in [-0.25, -0.2) is 0 Å². The highest BCUT2D eigenvalue weighted by Gasteiger charge is 2.21. The fourth-order valence-corrected chi connectivity index (χ4v) is 2.55. The Hall–Kier alpha value is -1.10. The lowest BCUT2D eigenvalue weighted by Crippen LogP contribution is -2.31. The van der Waals surface area contributed by atoms with Crippen LogP contribution in [0.2, 0.25) is 0 Å². The summed E-state index contributed by atoms with van der Waals surface area (Å²) in [6.45, 7) is 6.88. The Labute approximate surface area is 121 Å². The lowest BCUT2D eigenvalue weighted by Gasteiger charge is -2.24. The minimum absolute atomic E-state index is 0.454. The zero-order valence-corrected chi connectivity index (χ0v) is 12.6. The molecule has 20 heavy (non-hydrogen) atoms. The molecule has 4 nitrogen and oxygen atoms in total. The third-order valence-corrected chi connectivity index (χ3v) is 3.82. The predicted octanol–water partition coefficient (Wildman–Crippen LogP) is 2.36. The first-order chi connectivity index (χ1) is 9.61. The average molecular weight is 279 g/mol. The molecule has 0 aliphatic carbocycles. The Kier molecular flexibility index (Phi) is 5.40. The maximum Gasteiger partial charge on any atom is 0.123 e. The summed E-state index contributed by atoms with van der Waals surface area (Å²) in [4.78, 5) is 2.30. The Morgan fingerprint density at radius 3 is 2.90 bits per heavy atom. The van der Waals surface area contributed by atoms with Crippen molar-refractivity contribution >= 4 is 0 Å². The van der Waals surface area contributed by atoms with Gasteiger partial charge >= 0.3 is 0 Å². The fraction of sp³-hybridized carbons (Fsp3) is 0.625. The van der Waals surface area contributed by atoms with Crippen LogP contribution in [0, 0.1) is 0 Å². The van der Waals surface area contributed by atoms with Crippen LogP contribution in [0.25, 0.3) is 0 Å². The van der Waals surface area contributed by atoms with Gasteiger partial charge in [0.15, 0.2) is 0 Å². The molecule has 1 aliphatic rings. The van der Waals surface area contributed by atoms with Gasteiger partial charge in [-0.1, -0.05) is 6.07 Å². The van der Waals surface area contributed by atoms with Crippen molar-refractivity contribution in [2.45, 2.75) is 39.0 Å². The lowest BCUT2D eigenvalue weighted by molar-refractivity contribution is 0.155. The second-order valence-electron chi connectivity index (χ2n) is 5.41. The van der Waals surface area contributed by atoms with E-state index < -0.39 is 6.10 Å². The van der Waals surface area contributed by atoms with Crippen LogP contribution in [0.4, 0.5) is 0 Å². The maximum atomic E-state index is 9.74. The molecule has 4 heteroatoms. The van der Waals surface area contributed by atoms with Gasteiger partial charge < -0.3 is 14.6 Å². The Morgan fingerprint density at radius 2 is 2.30 bits per heavy atom. The molecule has 112 valence electrons. The molecule has 1 N–H and O–H groups in total. The number of aliphatic hydroxyl groups excluding tert-OH is 1. The highest BCUT2D eigenvalue weighted by molar-refractivity contribution is 5.38. The molecular formula is C16H25NO3. The van der Waals surface area contributed by atoms with Crippen LogP contribution in [-0.2, 0) is 11.3 Å². The van der Waals surface area contributed by atoms with Crippen LogP contribution in [0.1, 0.15) is 37.5 Å². The van der Waals surface area contributed by atoms with E-state index in [9.17, 15) is 5.11 Å². The Bertz CT molecular complexity index is 428. The van der Waals surface area contributed by atoms with E-state index in [1.54, 1.807) is 6.92 Å². The van der Waals surface area contributed by atoms with E-state index >= 15 is 0 Å². The highest BCUT2D eigenvalue weighted by atomic mass is 16.5. The van der Waals surface area contributed by atoms with Gasteiger partial charge in [-0.2, -0.15) is 0 Å². The van der Waals surface area contributed by atoms with Crippen LogP contribution in [0.5, 0.6) is 5.75 Å². The number of hydrogen-bond donors (Lipinski definition) is 1. The summed E-state index contributed by atoms with van der Waals surface area (Å²) < 4.78 is 11.1. The van der Waals surface area contributed by atoms with E-state index in [-0.39, 0.29) is 0 Å². The molecular weight excluding hydrogens is 254 g/mol. The van der Waals surface area contributed by atoms with Crippen LogP contribution in [0.3, 0.4) is 0 Å². The van der Waals surface area contributed by atoms with Crippen molar-refractivity contribution in [2.24, 2.45) is 0 Å². The van der Waals surface area contributed by atoms with Gasteiger partial charge in [0, 0.05) is 24.8 Å². The molecule has 0 bridgehead atoms. The van der Waals surface area contributed by atoms with E-state index in [1.165, 1.54) is 0 Å². The minimum Gasteiger partial charge on any atom is -0.494 e. The molecule has 0 aromatic heterocycles. The first kappa shape index (κ1) is 15.3. The highest BCUT2D eigenvalue weighted by Crippen LogP contribution is 2.26. The zero-order valence-electron chi connectivity index (χ0n) is 12.6. The lowest BCUT2D eigenvalue weighted by atomic mass is 10.0. The summed E-state index contributed by atoms with van der Waals surface area (Å²) >= 11 is 0. The van der Waals surface area contributed by atoms with Crippen molar-refractivity contribution in [1.29, 1.82) is 0 Å². The first-order valence-electron chi connectivity index (χ1n) is 7.33. The largest absolute Gasteiger partial charge is 0.494 e. The third-order valence-electron chi connectivity index (χ3n) is 3.82. The summed E-state index contributed by atoms with van der Waals surface area (Å²) in [7, 11) is 2.12. The quantitative estimate of drug-likeness (QED) is 0.868. The van der Waals surface area contributed by atoms with Gasteiger partial charge in [-0.05, 0) is 45.0 Å². The first-order valence-corrected chi connectivity index (χ1v) is 7.33. The molecule has 0 saturated carbocycles. The third kappa shape index (κ3) is 3.72. The van der Waals surface area contributed by atoms with Gasteiger partial charge in [0.25, 0.3) is 0 Å². The fourth-order valence-electron chi connectivity index (χ4n) is 2.55. The van der Waals surface area contributed by atoms with Crippen LogP contribution < -0.4 is 4.74 Å². The van der Waals surface area contributed by atoms with Crippen molar-refractivity contribution in [3.05, 3.63) is 29.3 Å². The molecule has 1 aromatic carbocycles. The second-order valence-corrected chi connectivity index (χ2v) is 5.41. The van der Waals surface area contributed by atoms with E-state index in [2.05, 4.69) is 11.9 Å². The van der Waals surface area contributed by atoms with Crippen molar-refractivity contribution in [1.82, 2.24) is 4.90 Å². The topological polar surface area (TPSA) is 41.9 Å². The van der Waals surface area contributed by atoms with Crippen molar-refractivity contribution in [3.63, 3.8) is 0 Å². The molecule has 0 spiro atoms. The van der Waals surface area contributed by atoms with Crippen LogP contribution in [-0.4, -0.2) is 42.9 Å². The SMILES string of the molecule is CCOc1ccc(C(C)O)cc1CN(C)C1CCOC1. The van der Waals surface area contributed by atoms with Gasteiger partial charge in [-0.3, -0.25) is 4.90 Å². The molecule has 2 unspecified atom stereocenters. The summed E-state index contributed by atoms with van der Waals surface area (Å²) in [6, 6.07) is 6.40. The van der Waals surface area contributed by atoms with Gasteiger partial charge in [-0.15, -0.1) is 0 Å². The number of aliphatic hydroxyl groups is 1. The normalized spacial score (nSPS) is 20.4. The summed E-state index contributed by atoms with van der Waals surface area (Å²) in [5, 5.41) is 9.74. The molecule has 1 fully saturated rings. The monoisotopic (exact) mass is 279 g/mol. The van der Waals surface area contributed by atoms with E-state index in [1.807, 2.05) is 25.1 Å². The minimum atomic E-state index is -0.454. The maximum absolute atomic E-state index is 9.74. The number of benzene rings is 1. The molecule has 0 amide bonds. The van der Waals surface area contributed by atoms with Crippen molar-refractivity contribution in [3.8, 4) is 5.75 Å². The van der Waals surface area contributed by atoms with E-state index in [4.69, 9.17) is 9.47 Å². The zero-order chi connectivity index (χ0) is 14.5. The van der Waals surface area contributed by atoms with Gasteiger partial charge in [0.2, 0.25) is 0 Å². The molecule has 1 saturated heterocycles. The molecule has 0 radical (unpaired) electrons. The van der Waals surface area contributed by atoms with Gasteiger partial charge in [0.1, 0.15) is 5.75 Å². The smallest absolute Gasteiger partial charge is 0.123 e. The van der Waals surface area contributed by atoms with Gasteiger partial charge in [0.05, 0.1) is 19.3 Å². The number of rotatable bonds is 6. The van der Waals surface area contributed by atoms with Crippen LogP contribution >= 0.6 is 0 Å². The number of hydrogen-bond acceptors (Lipinski definition) is 4. The molecule has 1 heterocycles. The Balaban J connectivity index is 2.15. The molecule has 2 rings (SSSR count). The summed E-state index contributed by atoms with van der Waals surface area (Å²) in [5.74, 6) is 0.905. The predicted molar refractivity (Wildman–Crippen MR) is 78.9 cm³/mol. The number of likely N-dealkylation sites (N-methyl/N-ethyl adjacent to an activating group) is 1. The second kappa shape index (κ2) is 7.07. The van der Waals surface area contributed by atoms with E-state index in [0.29, 0.717) is 12.6 Å². The van der Waals surface area contributed by atoms with Crippen LogP contribution in [0.15, 0.2) is 18.2 Å². The standard InChI is InChI=1S/C16H25NO3/c1-4-20-16-6-5-13(12(2)18)9-14(16)10-17(3)15-7-8-19-11-15/h5-6,9,12,15,18H,4,7-8,10-11H2,1-3H3. The van der Waals surface area contributed by atoms with Crippen molar-refractivity contribution < 1.29 is 14.6 Å². The van der Waals surface area contributed by atoms with Crippen molar-refractivity contribution in [2.75, 3.05) is 26.9 Å². The number of ether oxygens (including phenoxy) is 2.